The monoisotopic (exact) mass is 627 g/mol. The van der Waals surface area contributed by atoms with E-state index in [4.69, 9.17) is 4.42 Å². The van der Waals surface area contributed by atoms with Crippen LogP contribution in [-0.4, -0.2) is 0 Å². The highest BCUT2D eigenvalue weighted by Gasteiger charge is 2.38. The molecule has 0 atom stereocenters. The number of nitrogens with zero attached hydrogens (tertiary/aromatic N) is 1. The molecule has 1 heterocycles. The maximum Gasteiger partial charge on any atom is 0.136 e. The number of hydrogen-bond acceptors (Lipinski definition) is 2. The molecule has 2 heteroatoms. The Morgan fingerprint density at radius 3 is 2.04 bits per heavy atom. The second kappa shape index (κ2) is 10.4. The van der Waals surface area contributed by atoms with Crippen molar-refractivity contribution in [1.82, 2.24) is 0 Å². The molecule has 0 bridgehead atoms. The standard InChI is InChI=1S/C47H33NO/c1-47(2)39-20-8-5-17-37(39)46-40(47)21-12-23-42(46)48(41-22-9-6-16-36(41)35-19-11-14-30-13-3-4-15-33(30)35)32-26-27-34-31(29-32)25-28-44-45(34)38-18-7-10-24-43(38)49-44/h3-29H,1-2H3. The molecule has 1 aliphatic rings. The fraction of sp³-hybridized carbons (Fsp3) is 0.0638. The summed E-state index contributed by atoms with van der Waals surface area (Å²) in [6, 6.07) is 59.6. The molecule has 1 aliphatic carbocycles. The summed E-state index contributed by atoms with van der Waals surface area (Å²) >= 11 is 0. The molecule has 8 aromatic carbocycles. The van der Waals surface area contributed by atoms with E-state index in [-0.39, 0.29) is 5.41 Å². The Bertz CT molecular complexity index is 2760. The van der Waals surface area contributed by atoms with Gasteiger partial charge < -0.3 is 9.32 Å². The van der Waals surface area contributed by atoms with Crippen LogP contribution in [0.5, 0.6) is 0 Å². The topological polar surface area (TPSA) is 16.4 Å². The van der Waals surface area contributed by atoms with Crippen LogP contribution in [-0.2, 0) is 5.41 Å². The summed E-state index contributed by atoms with van der Waals surface area (Å²) in [4.78, 5) is 2.49. The number of furan rings is 1. The summed E-state index contributed by atoms with van der Waals surface area (Å²) in [6.45, 7) is 4.71. The Morgan fingerprint density at radius 1 is 0.449 bits per heavy atom. The fourth-order valence-corrected chi connectivity index (χ4v) is 8.37. The lowest BCUT2D eigenvalue weighted by molar-refractivity contribution is 0.660. The minimum atomic E-state index is -0.111. The summed E-state index contributed by atoms with van der Waals surface area (Å²) in [5.41, 5.74) is 12.9. The van der Waals surface area contributed by atoms with Gasteiger partial charge in [0.2, 0.25) is 0 Å². The highest BCUT2D eigenvalue weighted by atomic mass is 16.3. The van der Waals surface area contributed by atoms with E-state index >= 15 is 0 Å². The van der Waals surface area contributed by atoms with Crippen LogP contribution >= 0.6 is 0 Å². The zero-order valence-corrected chi connectivity index (χ0v) is 27.4. The molecule has 0 spiro atoms. The van der Waals surface area contributed by atoms with Gasteiger partial charge in [0.15, 0.2) is 0 Å². The molecular weight excluding hydrogens is 595 g/mol. The van der Waals surface area contributed by atoms with E-state index in [0.717, 1.165) is 27.9 Å². The molecule has 9 aromatic rings. The van der Waals surface area contributed by atoms with Gasteiger partial charge in [-0.2, -0.15) is 0 Å². The van der Waals surface area contributed by atoms with Crippen molar-refractivity contribution in [2.45, 2.75) is 19.3 Å². The number of para-hydroxylation sites is 2. The highest BCUT2D eigenvalue weighted by Crippen LogP contribution is 2.55. The van der Waals surface area contributed by atoms with Crippen molar-refractivity contribution in [3.8, 4) is 22.3 Å². The normalized spacial score (nSPS) is 13.3. The van der Waals surface area contributed by atoms with Crippen LogP contribution in [0.15, 0.2) is 168 Å². The Kier molecular flexibility index (Phi) is 5.95. The van der Waals surface area contributed by atoms with Gasteiger partial charge in [-0.15, -0.1) is 0 Å². The van der Waals surface area contributed by atoms with Gasteiger partial charge in [-0.05, 0) is 80.2 Å². The SMILES string of the molecule is CC1(C)c2ccccc2-c2c(N(c3ccc4c(ccc5oc6ccccc6c54)c3)c3ccccc3-c3cccc4ccccc34)cccc21. The Labute approximate surface area is 285 Å². The first kappa shape index (κ1) is 27.9. The quantitative estimate of drug-likeness (QED) is 0.193. The summed E-state index contributed by atoms with van der Waals surface area (Å²) in [7, 11) is 0. The third-order valence-electron chi connectivity index (χ3n) is 10.7. The molecular formula is C47H33NO. The van der Waals surface area contributed by atoms with Crippen molar-refractivity contribution in [2.75, 3.05) is 4.90 Å². The molecule has 2 nitrogen and oxygen atoms in total. The van der Waals surface area contributed by atoms with Crippen LogP contribution in [0.1, 0.15) is 25.0 Å². The lowest BCUT2D eigenvalue weighted by Gasteiger charge is -2.31. The fourth-order valence-electron chi connectivity index (χ4n) is 8.37. The van der Waals surface area contributed by atoms with Gasteiger partial charge in [0.25, 0.3) is 0 Å². The summed E-state index contributed by atoms with van der Waals surface area (Å²) in [6.07, 6.45) is 0. The average molecular weight is 628 g/mol. The number of anilines is 3. The number of fused-ring (bicyclic) bond motifs is 9. The van der Waals surface area contributed by atoms with E-state index in [2.05, 4.69) is 176 Å². The van der Waals surface area contributed by atoms with Crippen LogP contribution in [0.3, 0.4) is 0 Å². The lowest BCUT2D eigenvalue weighted by atomic mass is 9.82. The van der Waals surface area contributed by atoms with Crippen molar-refractivity contribution < 1.29 is 4.42 Å². The second-order valence-corrected chi connectivity index (χ2v) is 13.7. The van der Waals surface area contributed by atoms with Crippen molar-refractivity contribution in [1.29, 1.82) is 0 Å². The van der Waals surface area contributed by atoms with Gasteiger partial charge in [-0.3, -0.25) is 0 Å². The predicted octanol–water partition coefficient (Wildman–Crippen LogP) is 13.3. The molecule has 0 unspecified atom stereocenters. The van der Waals surface area contributed by atoms with Gasteiger partial charge in [0, 0.05) is 33.0 Å². The van der Waals surface area contributed by atoms with E-state index < -0.39 is 0 Å². The Morgan fingerprint density at radius 2 is 1.12 bits per heavy atom. The summed E-state index contributed by atoms with van der Waals surface area (Å²) < 4.78 is 6.27. The molecule has 0 fully saturated rings. The number of hydrogen-bond donors (Lipinski definition) is 0. The molecule has 10 rings (SSSR count). The van der Waals surface area contributed by atoms with Gasteiger partial charge in [0.05, 0.1) is 11.4 Å². The Hall–Kier alpha value is -6.12. The minimum Gasteiger partial charge on any atom is -0.456 e. The third kappa shape index (κ3) is 4.07. The molecule has 0 aliphatic heterocycles. The lowest BCUT2D eigenvalue weighted by Crippen LogP contribution is -2.16. The molecule has 232 valence electrons. The van der Waals surface area contributed by atoms with Gasteiger partial charge in [-0.25, -0.2) is 0 Å². The summed E-state index contributed by atoms with van der Waals surface area (Å²) in [5, 5.41) is 7.16. The van der Waals surface area contributed by atoms with E-state index in [9.17, 15) is 0 Å². The molecule has 0 saturated carbocycles. The first-order chi connectivity index (χ1) is 24.1. The van der Waals surface area contributed by atoms with Gasteiger partial charge >= 0.3 is 0 Å². The van der Waals surface area contributed by atoms with Crippen molar-refractivity contribution >= 4 is 60.5 Å². The van der Waals surface area contributed by atoms with Crippen molar-refractivity contribution in [3.63, 3.8) is 0 Å². The van der Waals surface area contributed by atoms with E-state index in [0.29, 0.717) is 0 Å². The largest absolute Gasteiger partial charge is 0.456 e. The maximum atomic E-state index is 6.27. The van der Waals surface area contributed by atoms with Crippen LogP contribution in [0, 0.1) is 0 Å². The molecule has 49 heavy (non-hydrogen) atoms. The smallest absolute Gasteiger partial charge is 0.136 e. The van der Waals surface area contributed by atoms with E-state index in [1.165, 1.54) is 66.0 Å². The molecule has 0 amide bonds. The van der Waals surface area contributed by atoms with E-state index in [1.54, 1.807) is 0 Å². The second-order valence-electron chi connectivity index (χ2n) is 13.7. The van der Waals surface area contributed by atoms with Gasteiger partial charge in [-0.1, -0.05) is 141 Å². The zero-order valence-electron chi connectivity index (χ0n) is 27.4. The van der Waals surface area contributed by atoms with Crippen LogP contribution in [0.25, 0.3) is 65.7 Å². The minimum absolute atomic E-state index is 0.111. The predicted molar refractivity (Wildman–Crippen MR) is 206 cm³/mol. The van der Waals surface area contributed by atoms with Crippen LogP contribution < -0.4 is 4.90 Å². The summed E-state index contributed by atoms with van der Waals surface area (Å²) in [5.74, 6) is 0. The Balaban J connectivity index is 1.28. The molecule has 0 N–H and O–H groups in total. The molecule has 1 aromatic heterocycles. The van der Waals surface area contributed by atoms with Crippen LogP contribution in [0.2, 0.25) is 0 Å². The highest BCUT2D eigenvalue weighted by molar-refractivity contribution is 6.19. The van der Waals surface area contributed by atoms with Gasteiger partial charge in [0.1, 0.15) is 11.2 Å². The molecule has 0 radical (unpaired) electrons. The molecule has 0 saturated heterocycles. The van der Waals surface area contributed by atoms with Crippen molar-refractivity contribution in [2.24, 2.45) is 0 Å². The number of benzene rings is 8. The van der Waals surface area contributed by atoms with Crippen LogP contribution in [0.4, 0.5) is 17.1 Å². The van der Waals surface area contributed by atoms with Crippen molar-refractivity contribution in [3.05, 3.63) is 175 Å². The first-order valence-electron chi connectivity index (χ1n) is 17.0. The first-order valence-corrected chi connectivity index (χ1v) is 17.0. The number of rotatable bonds is 4. The maximum absolute atomic E-state index is 6.27. The average Bonchev–Trinajstić information content (AvgIpc) is 3.64. The van der Waals surface area contributed by atoms with E-state index in [1.807, 2.05) is 6.07 Å². The third-order valence-corrected chi connectivity index (χ3v) is 10.7. The zero-order chi connectivity index (χ0) is 32.7.